The number of amidine groups is 1. The van der Waals surface area contributed by atoms with E-state index in [0.29, 0.717) is 0 Å². The van der Waals surface area contributed by atoms with Gasteiger partial charge in [0.1, 0.15) is 5.84 Å². The molecule has 0 aromatic heterocycles. The maximum Gasteiger partial charge on any atom is 0.132 e. The largest absolute Gasteiger partial charge is 0.357 e. The van der Waals surface area contributed by atoms with Crippen LogP contribution in [0.4, 0.5) is 17.1 Å². The van der Waals surface area contributed by atoms with Gasteiger partial charge in [-0.3, -0.25) is 0 Å². The molecule has 2 aromatic carbocycles. The summed E-state index contributed by atoms with van der Waals surface area (Å²) in [5, 5.41) is 6.72. The maximum absolute atomic E-state index is 4.68. The zero-order valence-electron chi connectivity index (χ0n) is 11.6. The number of aliphatic imine (C=N–C) groups is 1. The highest BCUT2D eigenvalue weighted by atomic mass is 15.0. The van der Waals surface area contributed by atoms with E-state index in [1.165, 1.54) is 5.56 Å². The Morgan fingerprint density at radius 3 is 2.70 bits per heavy atom. The van der Waals surface area contributed by atoms with E-state index in [0.717, 1.165) is 28.6 Å². The molecule has 1 heterocycles. The predicted molar refractivity (Wildman–Crippen MR) is 85.7 cm³/mol. The van der Waals surface area contributed by atoms with Crippen LogP contribution in [0.15, 0.2) is 65.3 Å². The molecule has 0 aliphatic carbocycles. The average Bonchev–Trinajstić information content (AvgIpc) is 2.56. The van der Waals surface area contributed by atoms with Gasteiger partial charge in [0.15, 0.2) is 0 Å². The molecule has 0 amide bonds. The Hall–Kier alpha value is -2.55. The molecule has 100 valence electrons. The topological polar surface area (TPSA) is 36.4 Å². The second-order valence-electron chi connectivity index (χ2n) is 4.96. The minimum Gasteiger partial charge on any atom is -0.357 e. The first-order chi connectivity index (χ1) is 9.70. The van der Waals surface area contributed by atoms with Gasteiger partial charge in [-0.1, -0.05) is 24.3 Å². The normalized spacial score (nSPS) is 13.5. The monoisotopic (exact) mass is 263 g/mol. The highest BCUT2D eigenvalue weighted by molar-refractivity contribution is 6.07. The molecule has 0 bridgehead atoms. The predicted octanol–water partition coefficient (Wildman–Crippen LogP) is 4.47. The molecular weight excluding hydrogens is 246 g/mol. The Morgan fingerprint density at radius 2 is 1.85 bits per heavy atom. The number of allylic oxidation sites excluding steroid dienone is 1. The first kappa shape index (κ1) is 12.5. The SMILES string of the molecule is CC1=CC(Nc2cccc(C)c2)=Nc2ccccc2N1. The van der Waals surface area contributed by atoms with Gasteiger partial charge >= 0.3 is 0 Å². The van der Waals surface area contributed by atoms with Crippen LogP contribution in [0, 0.1) is 6.92 Å². The van der Waals surface area contributed by atoms with Gasteiger partial charge < -0.3 is 10.6 Å². The molecule has 1 aliphatic rings. The van der Waals surface area contributed by atoms with E-state index in [2.05, 4.69) is 34.7 Å². The number of nitrogens with one attached hydrogen (secondary N) is 2. The third kappa shape index (κ3) is 2.72. The zero-order valence-corrected chi connectivity index (χ0v) is 11.6. The smallest absolute Gasteiger partial charge is 0.132 e. The van der Waals surface area contributed by atoms with Crippen molar-refractivity contribution in [1.82, 2.24) is 0 Å². The Kier molecular flexibility index (Phi) is 3.25. The minimum absolute atomic E-state index is 0.838. The van der Waals surface area contributed by atoms with Crippen molar-refractivity contribution < 1.29 is 0 Å². The molecule has 0 radical (unpaired) electrons. The highest BCUT2D eigenvalue weighted by Crippen LogP contribution is 2.28. The van der Waals surface area contributed by atoms with Crippen molar-refractivity contribution in [2.75, 3.05) is 10.6 Å². The van der Waals surface area contributed by atoms with Gasteiger partial charge in [-0.05, 0) is 49.8 Å². The summed E-state index contributed by atoms with van der Waals surface area (Å²) in [5.74, 6) is 0.838. The summed E-state index contributed by atoms with van der Waals surface area (Å²) >= 11 is 0. The van der Waals surface area contributed by atoms with Crippen LogP contribution in [0.25, 0.3) is 0 Å². The second-order valence-corrected chi connectivity index (χ2v) is 4.96. The van der Waals surface area contributed by atoms with Crippen LogP contribution >= 0.6 is 0 Å². The summed E-state index contributed by atoms with van der Waals surface area (Å²) in [5.41, 5.74) is 5.31. The molecule has 0 fully saturated rings. The average molecular weight is 263 g/mol. The van der Waals surface area contributed by atoms with Crippen LogP contribution in [0.3, 0.4) is 0 Å². The number of benzene rings is 2. The lowest BCUT2D eigenvalue weighted by Gasteiger charge is -2.06. The van der Waals surface area contributed by atoms with Crippen LogP contribution in [0.5, 0.6) is 0 Å². The fourth-order valence-electron chi connectivity index (χ4n) is 2.23. The molecule has 2 N–H and O–H groups in total. The standard InChI is InChI=1S/C17H17N3/c1-12-6-5-7-14(10-12)19-17-11-13(2)18-15-8-3-4-9-16(15)20-17/h3-11,18H,1-2H3,(H,19,20). The van der Waals surface area contributed by atoms with Gasteiger partial charge in [0.2, 0.25) is 0 Å². The summed E-state index contributed by atoms with van der Waals surface area (Å²) < 4.78 is 0. The van der Waals surface area contributed by atoms with E-state index in [1.54, 1.807) is 0 Å². The lowest BCUT2D eigenvalue weighted by atomic mass is 10.2. The third-order valence-corrected chi connectivity index (χ3v) is 3.12. The maximum atomic E-state index is 4.68. The van der Waals surface area contributed by atoms with Crippen molar-refractivity contribution in [3.05, 3.63) is 65.9 Å². The van der Waals surface area contributed by atoms with Crippen molar-refractivity contribution in [2.24, 2.45) is 4.99 Å². The van der Waals surface area contributed by atoms with E-state index in [1.807, 2.05) is 49.4 Å². The molecule has 3 rings (SSSR count). The number of para-hydroxylation sites is 2. The number of anilines is 2. The molecule has 0 saturated heterocycles. The molecular formula is C17H17N3. The lowest BCUT2D eigenvalue weighted by Crippen LogP contribution is -2.09. The summed E-state index contributed by atoms with van der Waals surface area (Å²) in [7, 11) is 0. The molecule has 20 heavy (non-hydrogen) atoms. The van der Waals surface area contributed by atoms with Crippen LogP contribution in [-0.4, -0.2) is 5.84 Å². The van der Waals surface area contributed by atoms with Crippen LogP contribution < -0.4 is 10.6 Å². The summed E-state index contributed by atoms with van der Waals surface area (Å²) in [6, 6.07) is 16.3. The molecule has 3 nitrogen and oxygen atoms in total. The van der Waals surface area contributed by atoms with E-state index >= 15 is 0 Å². The van der Waals surface area contributed by atoms with Crippen molar-refractivity contribution in [2.45, 2.75) is 13.8 Å². The van der Waals surface area contributed by atoms with Crippen molar-refractivity contribution in [3.63, 3.8) is 0 Å². The third-order valence-electron chi connectivity index (χ3n) is 3.12. The van der Waals surface area contributed by atoms with E-state index in [9.17, 15) is 0 Å². The fourth-order valence-corrected chi connectivity index (χ4v) is 2.23. The van der Waals surface area contributed by atoms with Gasteiger partial charge in [-0.2, -0.15) is 0 Å². The number of rotatable bonds is 1. The molecule has 0 atom stereocenters. The summed E-state index contributed by atoms with van der Waals surface area (Å²) in [6.07, 6.45) is 2.02. The molecule has 2 aromatic rings. The van der Waals surface area contributed by atoms with Crippen molar-refractivity contribution >= 4 is 22.9 Å². The van der Waals surface area contributed by atoms with Gasteiger partial charge in [-0.15, -0.1) is 0 Å². The van der Waals surface area contributed by atoms with Crippen molar-refractivity contribution in [3.8, 4) is 0 Å². The quantitative estimate of drug-likeness (QED) is 0.796. The molecule has 0 saturated carbocycles. The van der Waals surface area contributed by atoms with Gasteiger partial charge in [0, 0.05) is 11.4 Å². The van der Waals surface area contributed by atoms with Gasteiger partial charge in [-0.25, -0.2) is 4.99 Å². The first-order valence-corrected chi connectivity index (χ1v) is 6.67. The molecule has 1 aliphatic heterocycles. The number of hydrogen-bond donors (Lipinski definition) is 2. The van der Waals surface area contributed by atoms with Crippen LogP contribution in [0.1, 0.15) is 12.5 Å². The summed E-state index contributed by atoms with van der Waals surface area (Å²) in [6.45, 7) is 4.12. The van der Waals surface area contributed by atoms with E-state index < -0.39 is 0 Å². The number of aryl methyl sites for hydroxylation is 1. The fraction of sp³-hybridized carbons (Fsp3) is 0.118. The number of nitrogens with zero attached hydrogens (tertiary/aromatic N) is 1. The Morgan fingerprint density at radius 1 is 1.00 bits per heavy atom. The first-order valence-electron chi connectivity index (χ1n) is 6.67. The Bertz CT molecular complexity index is 699. The highest BCUT2D eigenvalue weighted by Gasteiger charge is 2.08. The number of fused-ring (bicyclic) bond motifs is 1. The van der Waals surface area contributed by atoms with Gasteiger partial charge in [0.25, 0.3) is 0 Å². The zero-order chi connectivity index (χ0) is 13.9. The minimum atomic E-state index is 0.838. The Balaban J connectivity index is 1.96. The molecule has 3 heteroatoms. The van der Waals surface area contributed by atoms with E-state index in [-0.39, 0.29) is 0 Å². The Labute approximate surface area is 119 Å². The molecule has 0 unspecified atom stereocenters. The summed E-state index contributed by atoms with van der Waals surface area (Å²) in [4.78, 5) is 4.68. The van der Waals surface area contributed by atoms with Gasteiger partial charge in [0.05, 0.1) is 11.4 Å². The van der Waals surface area contributed by atoms with E-state index in [4.69, 9.17) is 0 Å². The van der Waals surface area contributed by atoms with Crippen molar-refractivity contribution in [1.29, 1.82) is 0 Å². The molecule has 0 spiro atoms. The van der Waals surface area contributed by atoms with Crippen LogP contribution in [0.2, 0.25) is 0 Å². The second kappa shape index (κ2) is 5.21. The lowest BCUT2D eigenvalue weighted by molar-refractivity contribution is 1.39. The van der Waals surface area contributed by atoms with Crippen LogP contribution in [-0.2, 0) is 0 Å². The number of hydrogen-bond acceptors (Lipinski definition) is 3.